The molecule has 0 aliphatic rings. The van der Waals surface area contributed by atoms with Crippen LogP contribution in [-0.4, -0.2) is 35.4 Å². The van der Waals surface area contributed by atoms with E-state index in [9.17, 15) is 18.0 Å². The van der Waals surface area contributed by atoms with E-state index in [1.165, 1.54) is 6.07 Å². The highest BCUT2D eigenvalue weighted by Crippen LogP contribution is 2.19. The van der Waals surface area contributed by atoms with Gasteiger partial charge in [-0.25, -0.2) is 22.6 Å². The molecule has 8 nitrogen and oxygen atoms in total. The van der Waals surface area contributed by atoms with E-state index in [-0.39, 0.29) is 23.7 Å². The van der Waals surface area contributed by atoms with Crippen molar-refractivity contribution in [1.29, 1.82) is 0 Å². The van der Waals surface area contributed by atoms with Gasteiger partial charge in [-0.05, 0) is 58.0 Å². The Labute approximate surface area is 171 Å². The van der Waals surface area contributed by atoms with Crippen molar-refractivity contribution in [2.75, 3.05) is 5.75 Å². The van der Waals surface area contributed by atoms with E-state index >= 15 is 0 Å². The second-order valence-electron chi connectivity index (χ2n) is 6.42. The van der Waals surface area contributed by atoms with Gasteiger partial charge in [0.25, 0.3) is 0 Å². The quantitative estimate of drug-likeness (QED) is 0.221. The van der Waals surface area contributed by atoms with Gasteiger partial charge in [-0.2, -0.15) is 0 Å². The topological polar surface area (TPSA) is 132 Å². The van der Waals surface area contributed by atoms with E-state index in [0.29, 0.717) is 28.7 Å². The number of aromatic nitrogens is 2. The number of nitrogens with zero attached hydrogens (tertiary/aromatic N) is 3. The van der Waals surface area contributed by atoms with E-state index < -0.39 is 10.0 Å². The molecule has 0 radical (unpaired) electrons. The second-order valence-corrected chi connectivity index (χ2v) is 9.00. The van der Waals surface area contributed by atoms with Gasteiger partial charge < -0.3 is 5.21 Å². The number of benzene rings is 1. The number of hydrogen-bond acceptors (Lipinski definition) is 7. The van der Waals surface area contributed by atoms with Crippen LogP contribution in [0.1, 0.15) is 49.1 Å². The number of hydrogen-bond donors (Lipinski definition) is 2. The Hall–Kier alpha value is -1.85. The smallest absolute Gasteiger partial charge is 0.209 e. The Morgan fingerprint density at radius 1 is 1.21 bits per heavy atom. The first-order valence-corrected chi connectivity index (χ1v) is 11.3. The average Bonchev–Trinajstić information content (AvgIpc) is 3.09. The zero-order valence-electron chi connectivity index (χ0n) is 15.1. The van der Waals surface area contributed by atoms with Gasteiger partial charge in [0.1, 0.15) is 17.2 Å². The van der Waals surface area contributed by atoms with Gasteiger partial charge in [0, 0.05) is 6.42 Å². The lowest BCUT2D eigenvalue weighted by Gasteiger charge is -2.05. The fourth-order valence-corrected chi connectivity index (χ4v) is 3.76. The molecule has 154 valence electrons. The largest absolute Gasteiger partial charge is 0.411 e. The summed E-state index contributed by atoms with van der Waals surface area (Å²) < 4.78 is 40.2. The van der Waals surface area contributed by atoms with Crippen LogP contribution < -0.4 is 5.14 Å². The molecule has 28 heavy (non-hydrogen) atoms. The van der Waals surface area contributed by atoms with Crippen LogP contribution in [0.2, 0.25) is 0 Å². The Bertz CT molecular complexity index is 918. The normalized spacial score (nSPS) is 12.5. The maximum absolute atomic E-state index is 13.4. The van der Waals surface area contributed by atoms with E-state index in [1.807, 2.05) is 0 Å². The Balaban J connectivity index is 1.86. The van der Waals surface area contributed by atoms with Crippen molar-refractivity contribution >= 4 is 31.7 Å². The molecule has 3 N–H and O–H groups in total. The first-order valence-electron chi connectivity index (χ1n) is 8.77. The number of aryl methyl sites for hydroxylation is 1. The number of unbranched alkanes of at least 4 members (excludes halogenated alkanes) is 4. The summed E-state index contributed by atoms with van der Waals surface area (Å²) in [5.41, 5.74) is 1.98. The molecule has 2 aromatic rings. The molecule has 0 amide bonds. The molecule has 0 spiro atoms. The van der Waals surface area contributed by atoms with Crippen LogP contribution in [0.5, 0.6) is 0 Å². The molecular formula is C17H22BrFN4O4S. The minimum atomic E-state index is -3.39. The van der Waals surface area contributed by atoms with Gasteiger partial charge in [0.05, 0.1) is 10.2 Å². The van der Waals surface area contributed by atoms with Gasteiger partial charge in [0.2, 0.25) is 10.0 Å². The van der Waals surface area contributed by atoms with E-state index in [1.54, 1.807) is 12.1 Å². The highest BCUT2D eigenvalue weighted by atomic mass is 79.9. The first-order chi connectivity index (χ1) is 13.3. The fourth-order valence-electron chi connectivity index (χ4n) is 2.73. The van der Waals surface area contributed by atoms with Crippen LogP contribution in [0.15, 0.2) is 32.5 Å². The molecule has 0 aliphatic carbocycles. The highest BCUT2D eigenvalue weighted by molar-refractivity contribution is 9.10. The van der Waals surface area contributed by atoms with Crippen LogP contribution in [0.4, 0.5) is 4.39 Å². The summed E-state index contributed by atoms with van der Waals surface area (Å²) in [5.74, 6) is -0.376. The SMILES string of the molecule is NS(=O)(=O)CCCCCCCc1nonc1/C(Cc1ccc(F)c(Br)c1)=N/O. The molecule has 2 rings (SSSR count). The van der Waals surface area contributed by atoms with E-state index in [2.05, 4.69) is 31.4 Å². The van der Waals surface area contributed by atoms with Crippen LogP contribution in [-0.2, 0) is 22.9 Å². The lowest BCUT2D eigenvalue weighted by atomic mass is 10.0. The van der Waals surface area contributed by atoms with Crippen LogP contribution in [0.3, 0.4) is 0 Å². The van der Waals surface area contributed by atoms with Crippen LogP contribution >= 0.6 is 15.9 Å². The Morgan fingerprint density at radius 3 is 2.61 bits per heavy atom. The average molecular weight is 477 g/mol. The molecule has 0 saturated heterocycles. The predicted molar refractivity (Wildman–Crippen MR) is 105 cm³/mol. The number of nitrogens with two attached hydrogens (primary N) is 1. The van der Waals surface area contributed by atoms with Crippen LogP contribution in [0, 0.1) is 5.82 Å². The summed E-state index contributed by atoms with van der Waals surface area (Å²) in [7, 11) is -3.39. The molecule has 0 aliphatic heterocycles. The number of sulfonamides is 1. The first kappa shape index (κ1) is 22.4. The van der Waals surface area contributed by atoms with Gasteiger partial charge in [-0.1, -0.05) is 35.6 Å². The van der Waals surface area contributed by atoms with Gasteiger partial charge in [-0.3, -0.25) is 0 Å². The molecule has 0 fully saturated rings. The monoisotopic (exact) mass is 476 g/mol. The molecule has 0 atom stereocenters. The molecule has 1 aromatic heterocycles. The van der Waals surface area contributed by atoms with Gasteiger partial charge in [0.15, 0.2) is 5.69 Å². The summed E-state index contributed by atoms with van der Waals surface area (Å²) in [6.07, 6.45) is 4.71. The fraction of sp³-hybridized carbons (Fsp3) is 0.471. The minimum Gasteiger partial charge on any atom is -0.411 e. The predicted octanol–water partition coefficient (Wildman–Crippen LogP) is 3.17. The van der Waals surface area contributed by atoms with Crippen molar-refractivity contribution in [2.24, 2.45) is 10.3 Å². The zero-order valence-corrected chi connectivity index (χ0v) is 17.5. The maximum Gasteiger partial charge on any atom is 0.209 e. The Morgan fingerprint density at radius 2 is 1.93 bits per heavy atom. The second kappa shape index (κ2) is 10.6. The van der Waals surface area contributed by atoms with E-state index in [0.717, 1.165) is 31.2 Å². The summed E-state index contributed by atoms with van der Waals surface area (Å²) in [6.45, 7) is 0. The summed E-state index contributed by atoms with van der Waals surface area (Å²) >= 11 is 3.13. The molecule has 0 bridgehead atoms. The van der Waals surface area contributed by atoms with Gasteiger partial charge >= 0.3 is 0 Å². The minimum absolute atomic E-state index is 0.000177. The van der Waals surface area contributed by atoms with Crippen molar-refractivity contribution in [3.63, 3.8) is 0 Å². The van der Waals surface area contributed by atoms with E-state index in [4.69, 9.17) is 9.77 Å². The summed E-state index contributed by atoms with van der Waals surface area (Å²) in [4.78, 5) is 0. The lowest BCUT2D eigenvalue weighted by Crippen LogP contribution is -2.16. The Kier molecular flexibility index (Phi) is 8.52. The number of rotatable bonds is 11. The van der Waals surface area contributed by atoms with Crippen LogP contribution in [0.25, 0.3) is 0 Å². The van der Waals surface area contributed by atoms with Crippen molar-refractivity contribution < 1.29 is 22.6 Å². The molecule has 1 heterocycles. The third-order valence-corrected chi connectivity index (χ3v) is 5.61. The third kappa shape index (κ3) is 7.28. The number of halogens is 2. The molecule has 0 saturated carbocycles. The zero-order chi connectivity index (χ0) is 20.6. The summed E-state index contributed by atoms with van der Waals surface area (Å²) in [5, 5.41) is 25.4. The number of oxime groups is 1. The highest BCUT2D eigenvalue weighted by Gasteiger charge is 2.18. The third-order valence-electron chi connectivity index (χ3n) is 4.15. The van der Waals surface area contributed by atoms with Crippen molar-refractivity contribution in [2.45, 2.75) is 44.9 Å². The van der Waals surface area contributed by atoms with Crippen molar-refractivity contribution in [3.05, 3.63) is 45.4 Å². The summed E-state index contributed by atoms with van der Waals surface area (Å²) in [6, 6.07) is 4.53. The maximum atomic E-state index is 13.4. The molecular weight excluding hydrogens is 455 g/mol. The number of primary sulfonamides is 1. The standard InChI is InChI=1S/C17H22BrFN4O4S/c18-13-10-12(7-8-14(13)19)11-16(21-24)17-15(22-27-23-17)6-4-2-1-3-5-9-28(20,25)26/h7-8,10,24H,1-6,9,11H2,(H2,20,25,26)/b21-16+. The van der Waals surface area contributed by atoms with Crippen molar-refractivity contribution in [1.82, 2.24) is 10.3 Å². The molecule has 0 unspecified atom stereocenters. The lowest BCUT2D eigenvalue weighted by molar-refractivity contribution is 0.300. The van der Waals surface area contributed by atoms with Crippen molar-refractivity contribution in [3.8, 4) is 0 Å². The van der Waals surface area contributed by atoms with Gasteiger partial charge in [-0.15, -0.1) is 0 Å². The molecule has 1 aromatic carbocycles. The molecule has 11 heteroatoms.